The van der Waals surface area contributed by atoms with Crippen LogP contribution in [0, 0.1) is 11.8 Å². The Bertz CT molecular complexity index is 132. The first-order chi connectivity index (χ1) is 6.24. The van der Waals surface area contributed by atoms with E-state index in [-0.39, 0.29) is 0 Å². The standard InChI is InChI=1S/C11H23NO/c1-9(8-13)7-12-10(2)11-5-3-4-6-11/h9-13H,3-8H2,1-2H3/t9?,10-/m0/s1. The van der Waals surface area contributed by atoms with E-state index in [9.17, 15) is 0 Å². The van der Waals surface area contributed by atoms with Gasteiger partial charge in [-0.25, -0.2) is 0 Å². The summed E-state index contributed by atoms with van der Waals surface area (Å²) >= 11 is 0. The van der Waals surface area contributed by atoms with E-state index in [4.69, 9.17) is 5.11 Å². The summed E-state index contributed by atoms with van der Waals surface area (Å²) < 4.78 is 0. The molecule has 0 saturated heterocycles. The number of hydrogen-bond donors (Lipinski definition) is 2. The van der Waals surface area contributed by atoms with E-state index < -0.39 is 0 Å². The SMILES string of the molecule is CC(CO)CN[C@@H](C)C1CCCC1. The fourth-order valence-corrected chi connectivity index (χ4v) is 2.08. The van der Waals surface area contributed by atoms with Crippen LogP contribution in [0.25, 0.3) is 0 Å². The second-order valence-electron chi connectivity index (χ2n) is 4.53. The van der Waals surface area contributed by atoms with Crippen LogP contribution in [0.2, 0.25) is 0 Å². The number of aliphatic hydroxyl groups is 1. The second-order valence-corrected chi connectivity index (χ2v) is 4.53. The smallest absolute Gasteiger partial charge is 0.0468 e. The number of hydrogen-bond acceptors (Lipinski definition) is 2. The molecule has 1 fully saturated rings. The third-order valence-electron chi connectivity index (χ3n) is 3.21. The van der Waals surface area contributed by atoms with Gasteiger partial charge in [0.2, 0.25) is 0 Å². The van der Waals surface area contributed by atoms with Gasteiger partial charge in [0.05, 0.1) is 0 Å². The van der Waals surface area contributed by atoms with Crippen molar-refractivity contribution in [3.63, 3.8) is 0 Å². The zero-order valence-electron chi connectivity index (χ0n) is 8.92. The van der Waals surface area contributed by atoms with Crippen LogP contribution in [-0.4, -0.2) is 24.3 Å². The molecule has 78 valence electrons. The first-order valence-electron chi connectivity index (χ1n) is 5.58. The minimum Gasteiger partial charge on any atom is -0.396 e. The molecule has 13 heavy (non-hydrogen) atoms. The molecule has 1 rings (SSSR count). The summed E-state index contributed by atoms with van der Waals surface area (Å²) in [6.07, 6.45) is 5.60. The highest BCUT2D eigenvalue weighted by atomic mass is 16.3. The zero-order valence-corrected chi connectivity index (χ0v) is 8.92. The Morgan fingerprint density at radius 1 is 1.31 bits per heavy atom. The van der Waals surface area contributed by atoms with Crippen molar-refractivity contribution in [2.75, 3.05) is 13.2 Å². The molecule has 2 nitrogen and oxygen atoms in total. The fourth-order valence-electron chi connectivity index (χ4n) is 2.08. The fraction of sp³-hybridized carbons (Fsp3) is 1.00. The Hall–Kier alpha value is -0.0800. The van der Waals surface area contributed by atoms with Crippen molar-refractivity contribution in [2.24, 2.45) is 11.8 Å². The highest BCUT2D eigenvalue weighted by Gasteiger charge is 2.21. The second kappa shape index (κ2) is 5.61. The number of nitrogens with one attached hydrogen (secondary N) is 1. The maximum atomic E-state index is 8.87. The van der Waals surface area contributed by atoms with E-state index in [1.165, 1.54) is 25.7 Å². The van der Waals surface area contributed by atoms with Crippen LogP contribution in [0.5, 0.6) is 0 Å². The lowest BCUT2D eigenvalue weighted by molar-refractivity contribution is 0.225. The third kappa shape index (κ3) is 3.65. The Balaban J connectivity index is 2.12. The third-order valence-corrected chi connectivity index (χ3v) is 3.21. The molecule has 0 amide bonds. The van der Waals surface area contributed by atoms with Crippen LogP contribution < -0.4 is 5.32 Å². The quantitative estimate of drug-likeness (QED) is 0.684. The van der Waals surface area contributed by atoms with Crippen LogP contribution in [0.1, 0.15) is 39.5 Å². The van der Waals surface area contributed by atoms with Gasteiger partial charge in [0.1, 0.15) is 0 Å². The molecule has 1 aliphatic rings. The van der Waals surface area contributed by atoms with Crippen molar-refractivity contribution in [1.29, 1.82) is 0 Å². The number of aliphatic hydroxyl groups excluding tert-OH is 1. The summed E-state index contributed by atoms with van der Waals surface area (Å²) in [6, 6.07) is 0.636. The molecule has 0 radical (unpaired) electrons. The van der Waals surface area contributed by atoms with Crippen molar-refractivity contribution in [3.8, 4) is 0 Å². The highest BCUT2D eigenvalue weighted by molar-refractivity contribution is 4.77. The average Bonchev–Trinajstić information content (AvgIpc) is 2.66. The molecule has 0 heterocycles. The Labute approximate surface area is 81.7 Å². The normalized spacial score (nSPS) is 23.3. The van der Waals surface area contributed by atoms with E-state index in [0.29, 0.717) is 18.6 Å². The largest absolute Gasteiger partial charge is 0.396 e. The van der Waals surface area contributed by atoms with Gasteiger partial charge in [-0.3, -0.25) is 0 Å². The predicted molar refractivity (Wildman–Crippen MR) is 55.7 cm³/mol. The molecule has 0 aliphatic heterocycles. The van der Waals surface area contributed by atoms with Gasteiger partial charge in [-0.2, -0.15) is 0 Å². The van der Waals surface area contributed by atoms with Gasteiger partial charge in [0, 0.05) is 19.2 Å². The Morgan fingerprint density at radius 3 is 2.46 bits per heavy atom. The van der Waals surface area contributed by atoms with E-state index in [1.807, 2.05) is 0 Å². The molecule has 0 aromatic carbocycles. The molecule has 2 N–H and O–H groups in total. The summed E-state index contributed by atoms with van der Waals surface area (Å²) in [5.41, 5.74) is 0. The van der Waals surface area contributed by atoms with Gasteiger partial charge < -0.3 is 10.4 Å². The van der Waals surface area contributed by atoms with Crippen molar-refractivity contribution in [2.45, 2.75) is 45.6 Å². The molecular formula is C11H23NO. The van der Waals surface area contributed by atoms with Gasteiger partial charge >= 0.3 is 0 Å². The summed E-state index contributed by atoms with van der Waals surface area (Å²) in [7, 11) is 0. The van der Waals surface area contributed by atoms with Gasteiger partial charge in [-0.15, -0.1) is 0 Å². The average molecular weight is 185 g/mol. The molecule has 0 spiro atoms. The maximum Gasteiger partial charge on any atom is 0.0468 e. The van der Waals surface area contributed by atoms with Crippen LogP contribution in [0.4, 0.5) is 0 Å². The molecule has 1 unspecified atom stereocenters. The summed E-state index contributed by atoms with van der Waals surface area (Å²) in [4.78, 5) is 0. The van der Waals surface area contributed by atoms with Gasteiger partial charge in [0.25, 0.3) is 0 Å². The maximum absolute atomic E-state index is 8.87. The van der Waals surface area contributed by atoms with Crippen molar-refractivity contribution >= 4 is 0 Å². The van der Waals surface area contributed by atoms with Crippen molar-refractivity contribution < 1.29 is 5.11 Å². The highest BCUT2D eigenvalue weighted by Crippen LogP contribution is 2.27. The Kier molecular flexibility index (Phi) is 4.74. The topological polar surface area (TPSA) is 32.3 Å². The zero-order chi connectivity index (χ0) is 9.68. The van der Waals surface area contributed by atoms with Gasteiger partial charge in [-0.05, 0) is 31.6 Å². The number of rotatable bonds is 5. The first-order valence-corrected chi connectivity index (χ1v) is 5.58. The summed E-state index contributed by atoms with van der Waals surface area (Å²) in [6.45, 7) is 5.60. The Morgan fingerprint density at radius 2 is 1.92 bits per heavy atom. The molecule has 0 aromatic heterocycles. The minimum atomic E-state index is 0.296. The van der Waals surface area contributed by atoms with Gasteiger partial charge in [-0.1, -0.05) is 19.8 Å². The van der Waals surface area contributed by atoms with Crippen molar-refractivity contribution in [1.82, 2.24) is 5.32 Å². The van der Waals surface area contributed by atoms with Crippen LogP contribution in [-0.2, 0) is 0 Å². The summed E-state index contributed by atoms with van der Waals surface area (Å²) in [5, 5.41) is 12.4. The molecule has 1 aliphatic carbocycles. The van der Waals surface area contributed by atoms with E-state index in [0.717, 1.165) is 12.5 Å². The van der Waals surface area contributed by atoms with Crippen LogP contribution in [0.3, 0.4) is 0 Å². The molecular weight excluding hydrogens is 162 g/mol. The molecule has 0 aromatic rings. The van der Waals surface area contributed by atoms with E-state index in [2.05, 4.69) is 19.2 Å². The van der Waals surface area contributed by atoms with Gasteiger partial charge in [0.15, 0.2) is 0 Å². The lowest BCUT2D eigenvalue weighted by Crippen LogP contribution is -2.36. The predicted octanol–water partition coefficient (Wildman–Crippen LogP) is 1.78. The van der Waals surface area contributed by atoms with Crippen LogP contribution >= 0.6 is 0 Å². The molecule has 1 saturated carbocycles. The molecule has 2 heteroatoms. The van der Waals surface area contributed by atoms with Crippen molar-refractivity contribution in [3.05, 3.63) is 0 Å². The lowest BCUT2D eigenvalue weighted by Gasteiger charge is -2.21. The summed E-state index contributed by atoms with van der Waals surface area (Å²) in [5.74, 6) is 1.27. The van der Waals surface area contributed by atoms with Crippen LogP contribution in [0.15, 0.2) is 0 Å². The molecule has 2 atom stereocenters. The lowest BCUT2D eigenvalue weighted by atomic mass is 9.99. The minimum absolute atomic E-state index is 0.296. The monoisotopic (exact) mass is 185 g/mol. The van der Waals surface area contributed by atoms with E-state index >= 15 is 0 Å². The first kappa shape index (κ1) is 11.0. The molecule has 0 bridgehead atoms. The van der Waals surface area contributed by atoms with E-state index in [1.54, 1.807) is 0 Å².